The first kappa shape index (κ1) is 15.7. The molecule has 1 aliphatic heterocycles. The SMILES string of the molecule is CC(C)(C)c1cc(Cl)ccc1OCC[C@H]1CCCCN1. The Kier molecular flexibility index (Phi) is 5.34. The van der Waals surface area contributed by atoms with Crippen LogP contribution in [0.4, 0.5) is 0 Å². The van der Waals surface area contributed by atoms with Crippen LogP contribution in [0.1, 0.15) is 52.0 Å². The highest BCUT2D eigenvalue weighted by molar-refractivity contribution is 6.30. The molecule has 0 saturated carbocycles. The van der Waals surface area contributed by atoms with Crippen LogP contribution in [0.5, 0.6) is 5.75 Å². The summed E-state index contributed by atoms with van der Waals surface area (Å²) in [5, 5.41) is 4.33. The first-order valence-electron chi connectivity index (χ1n) is 7.63. The summed E-state index contributed by atoms with van der Waals surface area (Å²) in [7, 11) is 0. The van der Waals surface area contributed by atoms with Crippen molar-refractivity contribution in [2.45, 2.75) is 57.9 Å². The number of hydrogen-bond acceptors (Lipinski definition) is 2. The summed E-state index contributed by atoms with van der Waals surface area (Å²) < 4.78 is 6.02. The van der Waals surface area contributed by atoms with Gasteiger partial charge in [0.15, 0.2) is 0 Å². The molecule has 0 aliphatic carbocycles. The van der Waals surface area contributed by atoms with Gasteiger partial charge in [-0.15, -0.1) is 0 Å². The van der Waals surface area contributed by atoms with Gasteiger partial charge < -0.3 is 10.1 Å². The van der Waals surface area contributed by atoms with Gasteiger partial charge in [-0.05, 0) is 49.4 Å². The molecule has 0 spiro atoms. The number of halogens is 1. The fourth-order valence-electron chi connectivity index (χ4n) is 2.70. The van der Waals surface area contributed by atoms with E-state index in [4.69, 9.17) is 16.3 Å². The molecule has 1 atom stereocenters. The molecule has 0 unspecified atom stereocenters. The lowest BCUT2D eigenvalue weighted by atomic mass is 9.86. The Labute approximate surface area is 127 Å². The van der Waals surface area contributed by atoms with Crippen LogP contribution in [0.3, 0.4) is 0 Å². The summed E-state index contributed by atoms with van der Waals surface area (Å²) in [6.07, 6.45) is 5.00. The Balaban J connectivity index is 1.95. The predicted octanol–water partition coefficient (Wildman–Crippen LogP) is 4.55. The van der Waals surface area contributed by atoms with E-state index < -0.39 is 0 Å². The van der Waals surface area contributed by atoms with E-state index in [1.54, 1.807) is 0 Å². The lowest BCUT2D eigenvalue weighted by molar-refractivity contribution is 0.263. The average molecular weight is 296 g/mol. The molecule has 20 heavy (non-hydrogen) atoms. The van der Waals surface area contributed by atoms with Gasteiger partial charge in [0.1, 0.15) is 5.75 Å². The minimum absolute atomic E-state index is 0.0450. The Morgan fingerprint density at radius 1 is 1.30 bits per heavy atom. The van der Waals surface area contributed by atoms with Crippen molar-refractivity contribution in [1.82, 2.24) is 5.32 Å². The van der Waals surface area contributed by atoms with Crippen molar-refractivity contribution in [3.8, 4) is 5.75 Å². The summed E-state index contributed by atoms with van der Waals surface area (Å²) in [6, 6.07) is 6.55. The minimum Gasteiger partial charge on any atom is -0.493 e. The molecule has 0 bridgehead atoms. The van der Waals surface area contributed by atoms with Crippen molar-refractivity contribution in [3.63, 3.8) is 0 Å². The molecule has 2 nitrogen and oxygen atoms in total. The number of hydrogen-bond donors (Lipinski definition) is 1. The highest BCUT2D eigenvalue weighted by Crippen LogP contribution is 2.33. The topological polar surface area (TPSA) is 21.3 Å². The van der Waals surface area contributed by atoms with Gasteiger partial charge in [-0.1, -0.05) is 38.8 Å². The summed E-state index contributed by atoms with van der Waals surface area (Å²) in [6.45, 7) is 8.48. The van der Waals surface area contributed by atoms with Crippen molar-refractivity contribution in [3.05, 3.63) is 28.8 Å². The molecule has 112 valence electrons. The summed E-state index contributed by atoms with van der Waals surface area (Å²) >= 11 is 6.11. The first-order chi connectivity index (χ1) is 9.47. The van der Waals surface area contributed by atoms with E-state index in [0.29, 0.717) is 6.04 Å². The number of nitrogens with one attached hydrogen (secondary N) is 1. The van der Waals surface area contributed by atoms with Crippen molar-refractivity contribution >= 4 is 11.6 Å². The molecule has 1 aromatic rings. The standard InChI is InChI=1S/C17H26ClNO/c1-17(2,3)15-12-13(18)7-8-16(15)20-11-9-14-6-4-5-10-19-14/h7-8,12,14,19H,4-6,9-11H2,1-3H3/t14-/m1/s1. The number of rotatable bonds is 4. The van der Waals surface area contributed by atoms with E-state index in [2.05, 4.69) is 26.1 Å². The third kappa shape index (κ3) is 4.39. The van der Waals surface area contributed by atoms with Gasteiger partial charge in [-0.25, -0.2) is 0 Å². The second-order valence-electron chi connectivity index (χ2n) is 6.67. The Hall–Kier alpha value is -0.730. The molecular weight excluding hydrogens is 270 g/mol. The van der Waals surface area contributed by atoms with Crippen LogP contribution in [-0.4, -0.2) is 19.2 Å². The number of ether oxygens (including phenoxy) is 1. The van der Waals surface area contributed by atoms with Gasteiger partial charge in [0.05, 0.1) is 6.61 Å². The van der Waals surface area contributed by atoms with Crippen molar-refractivity contribution in [1.29, 1.82) is 0 Å². The Morgan fingerprint density at radius 3 is 2.75 bits per heavy atom. The monoisotopic (exact) mass is 295 g/mol. The fraction of sp³-hybridized carbons (Fsp3) is 0.647. The van der Waals surface area contributed by atoms with Gasteiger partial charge in [0, 0.05) is 16.6 Å². The zero-order valence-corrected chi connectivity index (χ0v) is 13.6. The summed E-state index contributed by atoms with van der Waals surface area (Å²) in [4.78, 5) is 0. The summed E-state index contributed by atoms with van der Waals surface area (Å²) in [5.41, 5.74) is 1.23. The van der Waals surface area contributed by atoms with Crippen molar-refractivity contribution in [2.24, 2.45) is 0 Å². The van der Waals surface area contributed by atoms with Gasteiger partial charge in [-0.2, -0.15) is 0 Å². The van der Waals surface area contributed by atoms with Gasteiger partial charge in [0.2, 0.25) is 0 Å². The smallest absolute Gasteiger partial charge is 0.123 e. The normalized spacial score (nSPS) is 19.9. The van der Waals surface area contributed by atoms with E-state index in [-0.39, 0.29) is 5.41 Å². The molecule has 1 N–H and O–H groups in total. The molecule has 0 amide bonds. The minimum atomic E-state index is 0.0450. The maximum atomic E-state index is 6.11. The van der Waals surface area contributed by atoms with E-state index >= 15 is 0 Å². The number of benzene rings is 1. The Morgan fingerprint density at radius 2 is 2.10 bits per heavy atom. The highest BCUT2D eigenvalue weighted by Gasteiger charge is 2.20. The van der Waals surface area contributed by atoms with Crippen molar-refractivity contribution in [2.75, 3.05) is 13.2 Å². The lowest BCUT2D eigenvalue weighted by Gasteiger charge is -2.25. The van der Waals surface area contributed by atoms with Crippen LogP contribution in [-0.2, 0) is 5.41 Å². The van der Waals surface area contributed by atoms with Gasteiger partial charge in [0.25, 0.3) is 0 Å². The number of piperidine rings is 1. The summed E-state index contributed by atoms with van der Waals surface area (Å²) in [5.74, 6) is 0.970. The highest BCUT2D eigenvalue weighted by atomic mass is 35.5. The first-order valence-corrected chi connectivity index (χ1v) is 8.01. The third-order valence-corrected chi connectivity index (χ3v) is 4.12. The third-order valence-electron chi connectivity index (χ3n) is 3.89. The maximum Gasteiger partial charge on any atom is 0.123 e. The van der Waals surface area contributed by atoms with Gasteiger partial charge >= 0.3 is 0 Å². The molecular formula is C17H26ClNO. The van der Waals surface area contributed by atoms with Crippen LogP contribution in [0, 0.1) is 0 Å². The Bertz CT molecular complexity index is 433. The van der Waals surface area contributed by atoms with E-state index in [1.807, 2.05) is 18.2 Å². The zero-order chi connectivity index (χ0) is 14.6. The quantitative estimate of drug-likeness (QED) is 0.880. The molecule has 1 aliphatic rings. The zero-order valence-electron chi connectivity index (χ0n) is 12.8. The van der Waals surface area contributed by atoms with E-state index in [1.165, 1.54) is 24.8 Å². The molecule has 1 fully saturated rings. The molecule has 1 heterocycles. The predicted molar refractivity (Wildman–Crippen MR) is 85.9 cm³/mol. The molecule has 1 saturated heterocycles. The molecule has 0 radical (unpaired) electrons. The van der Waals surface area contributed by atoms with Crippen LogP contribution < -0.4 is 10.1 Å². The molecule has 3 heteroatoms. The fourth-order valence-corrected chi connectivity index (χ4v) is 2.87. The molecule has 2 rings (SSSR count). The van der Waals surface area contributed by atoms with Crippen LogP contribution in [0.2, 0.25) is 5.02 Å². The second-order valence-corrected chi connectivity index (χ2v) is 7.11. The van der Waals surface area contributed by atoms with E-state index in [9.17, 15) is 0 Å². The largest absolute Gasteiger partial charge is 0.493 e. The van der Waals surface area contributed by atoms with E-state index in [0.717, 1.165) is 30.3 Å². The van der Waals surface area contributed by atoms with Gasteiger partial charge in [-0.3, -0.25) is 0 Å². The lowest BCUT2D eigenvalue weighted by Crippen LogP contribution is -2.35. The maximum absolute atomic E-state index is 6.11. The average Bonchev–Trinajstić information content (AvgIpc) is 2.40. The van der Waals surface area contributed by atoms with Crippen molar-refractivity contribution < 1.29 is 4.74 Å². The molecule has 1 aromatic carbocycles. The van der Waals surface area contributed by atoms with Crippen LogP contribution >= 0.6 is 11.6 Å². The van der Waals surface area contributed by atoms with Crippen LogP contribution in [0.15, 0.2) is 18.2 Å². The van der Waals surface area contributed by atoms with Crippen LogP contribution in [0.25, 0.3) is 0 Å². The second kappa shape index (κ2) is 6.82. The molecule has 0 aromatic heterocycles.